The number of hydrogen-bond acceptors (Lipinski definition) is 5. The molecule has 2 unspecified atom stereocenters. The van der Waals surface area contributed by atoms with Crippen molar-refractivity contribution in [3.8, 4) is 5.69 Å². The lowest BCUT2D eigenvalue weighted by molar-refractivity contribution is 0.345. The van der Waals surface area contributed by atoms with Gasteiger partial charge in [-0.25, -0.2) is 0 Å². The molecule has 20 heavy (non-hydrogen) atoms. The van der Waals surface area contributed by atoms with E-state index in [4.69, 9.17) is 0 Å². The molecule has 0 amide bonds. The molecular formula is C14H18N6. The van der Waals surface area contributed by atoms with Crippen molar-refractivity contribution in [1.29, 1.82) is 0 Å². The third kappa shape index (κ3) is 1.96. The summed E-state index contributed by atoms with van der Waals surface area (Å²) in [5.41, 5.74) is 1.01. The Balaban J connectivity index is 1.62. The lowest BCUT2D eigenvalue weighted by Crippen LogP contribution is -2.41. The van der Waals surface area contributed by atoms with Crippen LogP contribution in [-0.4, -0.2) is 46.4 Å². The summed E-state index contributed by atoms with van der Waals surface area (Å²) >= 11 is 0. The summed E-state index contributed by atoms with van der Waals surface area (Å²) in [5, 5.41) is 15.7. The number of tetrazole rings is 1. The van der Waals surface area contributed by atoms with E-state index in [9.17, 15) is 0 Å². The van der Waals surface area contributed by atoms with Gasteiger partial charge in [-0.1, -0.05) is 23.3 Å². The van der Waals surface area contributed by atoms with Gasteiger partial charge in [0.05, 0.1) is 5.69 Å². The van der Waals surface area contributed by atoms with E-state index >= 15 is 0 Å². The Morgan fingerprint density at radius 2 is 1.95 bits per heavy atom. The lowest BCUT2D eigenvalue weighted by atomic mass is 9.89. The molecule has 6 heteroatoms. The van der Waals surface area contributed by atoms with Crippen LogP contribution in [0, 0.1) is 11.8 Å². The van der Waals surface area contributed by atoms with E-state index in [1.54, 1.807) is 0 Å². The van der Waals surface area contributed by atoms with Gasteiger partial charge in [-0.2, -0.15) is 4.68 Å². The van der Waals surface area contributed by atoms with Crippen molar-refractivity contribution in [2.45, 2.75) is 6.42 Å². The molecule has 2 saturated heterocycles. The molecule has 104 valence electrons. The zero-order valence-electron chi connectivity index (χ0n) is 11.3. The second-order valence-electron chi connectivity index (χ2n) is 5.64. The van der Waals surface area contributed by atoms with E-state index < -0.39 is 0 Å². The highest BCUT2D eigenvalue weighted by Gasteiger charge is 2.34. The van der Waals surface area contributed by atoms with Crippen molar-refractivity contribution in [3.05, 3.63) is 30.3 Å². The fourth-order valence-corrected chi connectivity index (χ4v) is 3.33. The molecule has 0 radical (unpaired) electrons. The summed E-state index contributed by atoms with van der Waals surface area (Å²) in [7, 11) is 0. The minimum Gasteiger partial charge on any atom is -0.339 e. The Bertz CT molecular complexity index is 580. The molecule has 1 aromatic heterocycles. The largest absolute Gasteiger partial charge is 0.339 e. The van der Waals surface area contributed by atoms with Gasteiger partial charge in [-0.15, -0.1) is 0 Å². The predicted octanol–water partition coefficient (Wildman–Crippen LogP) is 0.708. The predicted molar refractivity (Wildman–Crippen MR) is 75.8 cm³/mol. The van der Waals surface area contributed by atoms with Crippen LogP contribution in [0.2, 0.25) is 0 Å². The summed E-state index contributed by atoms with van der Waals surface area (Å²) in [6, 6.07) is 10.1. The van der Waals surface area contributed by atoms with E-state index in [2.05, 4.69) is 25.7 Å². The number of piperidine rings is 1. The molecular weight excluding hydrogens is 252 g/mol. The van der Waals surface area contributed by atoms with Crippen LogP contribution in [0.1, 0.15) is 6.42 Å². The average molecular weight is 270 g/mol. The zero-order valence-corrected chi connectivity index (χ0v) is 11.3. The highest BCUT2D eigenvalue weighted by Crippen LogP contribution is 2.29. The fourth-order valence-electron chi connectivity index (χ4n) is 3.33. The summed E-state index contributed by atoms with van der Waals surface area (Å²) in [4.78, 5) is 2.32. The highest BCUT2D eigenvalue weighted by atomic mass is 15.6. The summed E-state index contributed by atoms with van der Waals surface area (Å²) in [6.07, 6.45) is 1.22. The third-order valence-electron chi connectivity index (χ3n) is 4.44. The molecule has 2 aliphatic rings. The van der Waals surface area contributed by atoms with E-state index in [0.717, 1.165) is 43.1 Å². The fraction of sp³-hybridized carbons (Fsp3) is 0.500. The van der Waals surface area contributed by atoms with Gasteiger partial charge in [0.2, 0.25) is 5.95 Å². The van der Waals surface area contributed by atoms with Crippen molar-refractivity contribution in [1.82, 2.24) is 25.5 Å². The molecule has 6 nitrogen and oxygen atoms in total. The Kier molecular flexibility index (Phi) is 2.88. The first-order valence-corrected chi connectivity index (χ1v) is 7.21. The summed E-state index contributed by atoms with van der Waals surface area (Å²) < 4.78 is 1.84. The van der Waals surface area contributed by atoms with Gasteiger partial charge in [0.1, 0.15) is 0 Å². The Morgan fingerprint density at radius 3 is 2.85 bits per heavy atom. The number of hydrogen-bond donors (Lipinski definition) is 1. The van der Waals surface area contributed by atoms with Crippen LogP contribution in [0.25, 0.3) is 5.69 Å². The minimum atomic E-state index is 0.727. The van der Waals surface area contributed by atoms with E-state index in [0.29, 0.717) is 0 Å². The van der Waals surface area contributed by atoms with Gasteiger partial charge < -0.3 is 10.2 Å². The number of para-hydroxylation sites is 1. The van der Waals surface area contributed by atoms with Crippen LogP contribution in [0.3, 0.4) is 0 Å². The highest BCUT2D eigenvalue weighted by molar-refractivity contribution is 5.41. The van der Waals surface area contributed by atoms with Gasteiger partial charge in [0.15, 0.2) is 0 Å². The standard InChI is InChI=1S/C14H18N6/c1-2-4-13(5-3-1)20-14(16-17-18-20)19-7-6-11-8-15-9-12(11)10-19/h1-5,11-12,15H,6-10H2. The average Bonchev–Trinajstić information content (AvgIpc) is 3.16. The van der Waals surface area contributed by atoms with E-state index in [1.165, 1.54) is 13.0 Å². The van der Waals surface area contributed by atoms with Crippen molar-refractivity contribution >= 4 is 5.95 Å². The number of benzene rings is 1. The quantitative estimate of drug-likeness (QED) is 0.871. The Morgan fingerprint density at radius 1 is 1.10 bits per heavy atom. The van der Waals surface area contributed by atoms with Crippen LogP contribution >= 0.6 is 0 Å². The SMILES string of the molecule is c1ccc(-n2nnnc2N2CCC3CNCC3C2)cc1. The molecule has 4 rings (SSSR count). The maximum atomic E-state index is 4.24. The zero-order chi connectivity index (χ0) is 13.4. The van der Waals surface area contributed by atoms with Gasteiger partial charge >= 0.3 is 0 Å². The normalized spacial score (nSPS) is 25.7. The van der Waals surface area contributed by atoms with Crippen LogP contribution in [0.4, 0.5) is 5.95 Å². The second-order valence-corrected chi connectivity index (χ2v) is 5.64. The van der Waals surface area contributed by atoms with Crippen molar-refractivity contribution in [2.24, 2.45) is 11.8 Å². The van der Waals surface area contributed by atoms with E-state index in [-0.39, 0.29) is 0 Å². The van der Waals surface area contributed by atoms with Crippen molar-refractivity contribution < 1.29 is 0 Å². The molecule has 1 N–H and O–H groups in total. The number of aromatic nitrogens is 4. The van der Waals surface area contributed by atoms with E-state index in [1.807, 2.05) is 35.0 Å². The first kappa shape index (κ1) is 11.8. The summed E-state index contributed by atoms with van der Waals surface area (Å²) in [6.45, 7) is 4.37. The first-order valence-electron chi connectivity index (χ1n) is 7.21. The second kappa shape index (κ2) is 4.86. The molecule has 3 heterocycles. The first-order chi connectivity index (χ1) is 9.92. The minimum absolute atomic E-state index is 0.727. The monoisotopic (exact) mass is 270 g/mol. The topological polar surface area (TPSA) is 58.9 Å². The smallest absolute Gasteiger partial charge is 0.250 e. The van der Waals surface area contributed by atoms with Gasteiger partial charge in [0.25, 0.3) is 0 Å². The maximum Gasteiger partial charge on any atom is 0.250 e. The van der Waals surface area contributed by atoms with Gasteiger partial charge in [-0.05, 0) is 53.9 Å². The van der Waals surface area contributed by atoms with Crippen LogP contribution in [0.15, 0.2) is 30.3 Å². The molecule has 2 atom stereocenters. The van der Waals surface area contributed by atoms with Crippen LogP contribution < -0.4 is 10.2 Å². The van der Waals surface area contributed by atoms with Crippen LogP contribution in [0.5, 0.6) is 0 Å². The number of rotatable bonds is 2. The molecule has 2 aliphatic heterocycles. The molecule has 0 spiro atoms. The number of anilines is 1. The molecule has 0 bridgehead atoms. The van der Waals surface area contributed by atoms with Crippen molar-refractivity contribution in [3.63, 3.8) is 0 Å². The van der Waals surface area contributed by atoms with Gasteiger partial charge in [0, 0.05) is 13.1 Å². The Labute approximate surface area is 117 Å². The number of fused-ring (bicyclic) bond motifs is 1. The molecule has 1 aromatic carbocycles. The molecule has 2 aromatic rings. The van der Waals surface area contributed by atoms with Gasteiger partial charge in [-0.3, -0.25) is 0 Å². The molecule has 0 saturated carbocycles. The number of nitrogens with zero attached hydrogens (tertiary/aromatic N) is 5. The third-order valence-corrected chi connectivity index (χ3v) is 4.44. The van der Waals surface area contributed by atoms with Crippen LogP contribution in [-0.2, 0) is 0 Å². The van der Waals surface area contributed by atoms with Crippen molar-refractivity contribution in [2.75, 3.05) is 31.1 Å². The number of nitrogens with one attached hydrogen (secondary N) is 1. The molecule has 0 aliphatic carbocycles. The maximum absolute atomic E-state index is 4.24. The Hall–Kier alpha value is -1.95. The summed E-state index contributed by atoms with van der Waals surface area (Å²) in [5.74, 6) is 2.42. The molecule has 2 fully saturated rings. The lowest BCUT2D eigenvalue weighted by Gasteiger charge is -2.34.